The van der Waals surface area contributed by atoms with Gasteiger partial charge < -0.3 is 4.74 Å². The average molecular weight is 128 g/mol. The highest BCUT2D eigenvalue weighted by Gasteiger charge is 2.11. The fourth-order valence-electron chi connectivity index (χ4n) is 0.606. The minimum atomic E-state index is -0.0480. The molecule has 0 amide bonds. The lowest BCUT2D eigenvalue weighted by Crippen LogP contribution is -2.23. The van der Waals surface area contributed by atoms with E-state index in [1.54, 1.807) is 6.08 Å². The van der Waals surface area contributed by atoms with Crippen molar-refractivity contribution in [2.75, 3.05) is 0 Å². The Hall–Kier alpha value is -0.300. The molecule has 0 aromatic heterocycles. The molecule has 0 aromatic rings. The Labute approximate surface area is 57.7 Å². The SMILES string of the molecule is C=CC(C)OC(C)(C)C. The summed E-state index contributed by atoms with van der Waals surface area (Å²) in [7, 11) is 0. The summed E-state index contributed by atoms with van der Waals surface area (Å²) in [4.78, 5) is 0. The van der Waals surface area contributed by atoms with Gasteiger partial charge in [0.05, 0.1) is 11.7 Å². The van der Waals surface area contributed by atoms with Crippen molar-refractivity contribution in [1.29, 1.82) is 0 Å². The Morgan fingerprint density at radius 2 is 1.89 bits per heavy atom. The van der Waals surface area contributed by atoms with E-state index in [2.05, 4.69) is 6.58 Å². The summed E-state index contributed by atoms with van der Waals surface area (Å²) in [5.41, 5.74) is -0.0480. The highest BCUT2D eigenvalue weighted by molar-refractivity contribution is 4.77. The van der Waals surface area contributed by atoms with Gasteiger partial charge in [0.25, 0.3) is 0 Å². The third kappa shape index (κ3) is 5.57. The van der Waals surface area contributed by atoms with Crippen LogP contribution in [0.3, 0.4) is 0 Å². The third-order valence-electron chi connectivity index (χ3n) is 0.871. The minimum absolute atomic E-state index is 0.0480. The second-order valence-corrected chi connectivity index (χ2v) is 3.17. The molecule has 0 aromatic carbocycles. The Morgan fingerprint density at radius 3 is 2.00 bits per heavy atom. The molecule has 1 unspecified atom stereocenters. The Bertz CT molecular complexity index is 89.2. The van der Waals surface area contributed by atoms with Crippen molar-refractivity contribution in [3.63, 3.8) is 0 Å². The van der Waals surface area contributed by atoms with Gasteiger partial charge in [0.1, 0.15) is 0 Å². The average Bonchev–Trinajstić information content (AvgIpc) is 1.62. The molecule has 0 bridgehead atoms. The van der Waals surface area contributed by atoms with E-state index in [4.69, 9.17) is 4.74 Å². The summed E-state index contributed by atoms with van der Waals surface area (Å²) in [5.74, 6) is 0. The molecular weight excluding hydrogens is 112 g/mol. The van der Waals surface area contributed by atoms with Gasteiger partial charge in [-0.15, -0.1) is 6.58 Å². The van der Waals surface area contributed by atoms with Gasteiger partial charge in [-0.05, 0) is 27.7 Å². The summed E-state index contributed by atoms with van der Waals surface area (Å²) in [6.45, 7) is 11.7. The van der Waals surface area contributed by atoms with Crippen molar-refractivity contribution in [1.82, 2.24) is 0 Å². The van der Waals surface area contributed by atoms with E-state index in [1.165, 1.54) is 0 Å². The summed E-state index contributed by atoms with van der Waals surface area (Å²) in [6, 6.07) is 0. The van der Waals surface area contributed by atoms with Crippen LogP contribution in [0.5, 0.6) is 0 Å². The molecular formula is C8H16O. The van der Waals surface area contributed by atoms with Crippen LogP contribution >= 0.6 is 0 Å². The van der Waals surface area contributed by atoms with E-state index >= 15 is 0 Å². The maximum atomic E-state index is 5.47. The van der Waals surface area contributed by atoms with Crippen molar-refractivity contribution in [3.8, 4) is 0 Å². The van der Waals surface area contributed by atoms with Gasteiger partial charge in [0.2, 0.25) is 0 Å². The van der Waals surface area contributed by atoms with Gasteiger partial charge in [-0.1, -0.05) is 6.08 Å². The third-order valence-corrected chi connectivity index (χ3v) is 0.871. The van der Waals surface area contributed by atoms with Gasteiger partial charge in [-0.25, -0.2) is 0 Å². The van der Waals surface area contributed by atoms with Gasteiger partial charge in [-0.3, -0.25) is 0 Å². The van der Waals surface area contributed by atoms with Crippen LogP contribution in [0.15, 0.2) is 12.7 Å². The minimum Gasteiger partial charge on any atom is -0.369 e. The zero-order valence-corrected chi connectivity index (χ0v) is 6.77. The first kappa shape index (κ1) is 8.70. The Morgan fingerprint density at radius 1 is 1.44 bits per heavy atom. The lowest BCUT2D eigenvalue weighted by atomic mass is 10.2. The highest BCUT2D eigenvalue weighted by Crippen LogP contribution is 2.10. The number of hydrogen-bond acceptors (Lipinski definition) is 1. The second-order valence-electron chi connectivity index (χ2n) is 3.17. The predicted octanol–water partition coefficient (Wildman–Crippen LogP) is 2.38. The van der Waals surface area contributed by atoms with Crippen LogP contribution in [0.1, 0.15) is 27.7 Å². The number of ether oxygens (including phenoxy) is 1. The van der Waals surface area contributed by atoms with Gasteiger partial charge in [0, 0.05) is 0 Å². The van der Waals surface area contributed by atoms with Gasteiger partial charge in [-0.2, -0.15) is 0 Å². The normalized spacial score (nSPS) is 15.1. The molecule has 0 N–H and O–H groups in total. The van der Waals surface area contributed by atoms with E-state index in [0.717, 1.165) is 0 Å². The van der Waals surface area contributed by atoms with Crippen molar-refractivity contribution >= 4 is 0 Å². The van der Waals surface area contributed by atoms with Crippen molar-refractivity contribution < 1.29 is 4.74 Å². The maximum Gasteiger partial charge on any atom is 0.0732 e. The quantitative estimate of drug-likeness (QED) is 0.519. The van der Waals surface area contributed by atoms with E-state index in [-0.39, 0.29) is 11.7 Å². The molecule has 0 radical (unpaired) electrons. The van der Waals surface area contributed by atoms with Crippen LogP contribution in [0, 0.1) is 0 Å². The molecule has 54 valence electrons. The largest absolute Gasteiger partial charge is 0.369 e. The first-order valence-corrected chi connectivity index (χ1v) is 3.26. The molecule has 0 rings (SSSR count). The highest BCUT2D eigenvalue weighted by atomic mass is 16.5. The van der Waals surface area contributed by atoms with Crippen molar-refractivity contribution in [2.45, 2.75) is 39.4 Å². The van der Waals surface area contributed by atoms with Gasteiger partial charge >= 0.3 is 0 Å². The van der Waals surface area contributed by atoms with Gasteiger partial charge in [0.15, 0.2) is 0 Å². The Balaban J connectivity index is 3.59. The van der Waals surface area contributed by atoms with E-state index < -0.39 is 0 Å². The van der Waals surface area contributed by atoms with Crippen LogP contribution in [-0.2, 0) is 4.74 Å². The molecule has 0 aliphatic heterocycles. The number of hydrogen-bond donors (Lipinski definition) is 0. The smallest absolute Gasteiger partial charge is 0.0732 e. The molecule has 0 spiro atoms. The summed E-state index contributed by atoms with van der Waals surface area (Å²) >= 11 is 0. The first-order valence-electron chi connectivity index (χ1n) is 3.26. The number of rotatable bonds is 2. The lowest BCUT2D eigenvalue weighted by molar-refractivity contribution is -0.0296. The molecule has 1 nitrogen and oxygen atoms in total. The van der Waals surface area contributed by atoms with E-state index in [9.17, 15) is 0 Å². The summed E-state index contributed by atoms with van der Waals surface area (Å²) in [6.07, 6.45) is 1.95. The topological polar surface area (TPSA) is 9.23 Å². The lowest BCUT2D eigenvalue weighted by Gasteiger charge is -2.22. The fraction of sp³-hybridized carbons (Fsp3) is 0.750. The zero-order chi connectivity index (χ0) is 7.49. The van der Waals surface area contributed by atoms with Crippen LogP contribution in [0.4, 0.5) is 0 Å². The van der Waals surface area contributed by atoms with Crippen molar-refractivity contribution in [2.24, 2.45) is 0 Å². The monoisotopic (exact) mass is 128 g/mol. The summed E-state index contributed by atoms with van der Waals surface area (Å²) in [5, 5.41) is 0. The van der Waals surface area contributed by atoms with Crippen LogP contribution < -0.4 is 0 Å². The second kappa shape index (κ2) is 3.02. The van der Waals surface area contributed by atoms with E-state index in [0.29, 0.717) is 0 Å². The van der Waals surface area contributed by atoms with E-state index in [1.807, 2.05) is 27.7 Å². The standard InChI is InChI=1S/C8H16O/c1-6-7(2)9-8(3,4)5/h6-7H,1H2,2-5H3. The molecule has 1 atom stereocenters. The Kier molecular flexibility index (Phi) is 2.92. The van der Waals surface area contributed by atoms with Crippen LogP contribution in [0.25, 0.3) is 0 Å². The fourth-order valence-corrected chi connectivity index (χ4v) is 0.606. The first-order chi connectivity index (χ1) is 3.95. The van der Waals surface area contributed by atoms with Crippen LogP contribution in [0.2, 0.25) is 0 Å². The van der Waals surface area contributed by atoms with Crippen LogP contribution in [-0.4, -0.2) is 11.7 Å². The molecule has 0 fully saturated rings. The molecule has 9 heavy (non-hydrogen) atoms. The molecule has 0 aliphatic carbocycles. The predicted molar refractivity (Wildman–Crippen MR) is 40.5 cm³/mol. The molecule has 1 heteroatoms. The molecule has 0 aliphatic rings. The molecule has 0 saturated heterocycles. The maximum absolute atomic E-state index is 5.47. The van der Waals surface area contributed by atoms with Crippen molar-refractivity contribution in [3.05, 3.63) is 12.7 Å². The zero-order valence-electron chi connectivity index (χ0n) is 6.77. The molecule has 0 heterocycles. The molecule has 0 saturated carbocycles. The summed E-state index contributed by atoms with van der Waals surface area (Å²) < 4.78 is 5.47.